The zero-order chi connectivity index (χ0) is 21.5. The van der Waals surface area contributed by atoms with E-state index in [4.69, 9.17) is 9.97 Å². The molecule has 32 heavy (non-hydrogen) atoms. The molecular weight excluding hydrogens is 464 g/mol. The van der Waals surface area contributed by atoms with Gasteiger partial charge in [-0.05, 0) is 37.1 Å². The average molecular weight is 491 g/mol. The minimum Gasteiger partial charge on any atom is -0.507 e. The van der Waals surface area contributed by atoms with E-state index < -0.39 is 0 Å². The lowest BCUT2D eigenvalue weighted by atomic mass is 10.0. The maximum absolute atomic E-state index is 10.6. The molecule has 1 fully saturated rings. The number of phenols is 1. The van der Waals surface area contributed by atoms with Gasteiger partial charge in [0, 0.05) is 45.0 Å². The standard InChI is InChI=1S/C22H26N6OS2.ClH/c1-4-28-9-7-16(8-10-28)27(3)22-25-21-20(31-22)24-19(30-21)17-6-5-14(11-18(17)29)15-12-23-26(2)13-15;/h5-6,11-13,16,29H,4,7-10H2,1-3H3;1H. The lowest BCUT2D eigenvalue weighted by Crippen LogP contribution is -2.43. The van der Waals surface area contributed by atoms with Crippen LogP contribution in [0.1, 0.15) is 19.8 Å². The van der Waals surface area contributed by atoms with Crippen LogP contribution in [0.4, 0.5) is 5.13 Å². The second-order valence-corrected chi connectivity index (χ2v) is 9.97. The Bertz CT molecular complexity index is 1180. The molecule has 0 unspecified atom stereocenters. The molecule has 0 spiro atoms. The van der Waals surface area contributed by atoms with Crippen LogP contribution in [0.15, 0.2) is 30.6 Å². The first-order chi connectivity index (χ1) is 15.0. The molecule has 4 aromatic rings. The van der Waals surface area contributed by atoms with Gasteiger partial charge in [0.25, 0.3) is 0 Å². The second kappa shape index (κ2) is 9.35. The molecular formula is C22H27ClN6OS2. The van der Waals surface area contributed by atoms with Gasteiger partial charge < -0.3 is 14.9 Å². The van der Waals surface area contributed by atoms with E-state index in [0.717, 1.165) is 56.1 Å². The molecule has 1 aliphatic heterocycles. The van der Waals surface area contributed by atoms with Gasteiger partial charge in [-0.15, -0.1) is 12.4 Å². The minimum absolute atomic E-state index is 0. The van der Waals surface area contributed by atoms with Crippen molar-refractivity contribution in [2.24, 2.45) is 7.05 Å². The Kier molecular flexibility index (Phi) is 6.71. The smallest absolute Gasteiger partial charge is 0.188 e. The van der Waals surface area contributed by atoms with Gasteiger partial charge in [-0.3, -0.25) is 4.68 Å². The van der Waals surface area contributed by atoms with Gasteiger partial charge in [0.05, 0.1) is 11.8 Å². The molecule has 1 aliphatic rings. The first kappa shape index (κ1) is 23.0. The number of benzene rings is 1. The van der Waals surface area contributed by atoms with Crippen LogP contribution in [-0.2, 0) is 7.05 Å². The molecule has 0 aliphatic carbocycles. The molecule has 0 atom stereocenters. The number of piperidine rings is 1. The quantitative estimate of drug-likeness (QED) is 0.430. The van der Waals surface area contributed by atoms with E-state index in [-0.39, 0.29) is 18.2 Å². The molecule has 1 aromatic carbocycles. The van der Waals surface area contributed by atoms with Crippen LogP contribution in [0.25, 0.3) is 31.4 Å². The largest absolute Gasteiger partial charge is 0.507 e. The molecule has 0 radical (unpaired) electrons. The number of halogens is 1. The fourth-order valence-electron chi connectivity index (χ4n) is 4.14. The van der Waals surface area contributed by atoms with Crippen molar-refractivity contribution < 1.29 is 5.11 Å². The van der Waals surface area contributed by atoms with Crippen LogP contribution in [-0.4, -0.2) is 62.5 Å². The third-order valence-corrected chi connectivity index (χ3v) is 8.24. The number of aromatic hydroxyl groups is 1. The topological polar surface area (TPSA) is 70.3 Å². The van der Waals surface area contributed by atoms with Crippen LogP contribution in [0, 0.1) is 0 Å². The summed E-state index contributed by atoms with van der Waals surface area (Å²) in [6, 6.07) is 6.23. The van der Waals surface area contributed by atoms with Gasteiger partial charge in [-0.2, -0.15) is 5.10 Å². The summed E-state index contributed by atoms with van der Waals surface area (Å²) in [5.74, 6) is 0.225. The molecule has 170 valence electrons. The van der Waals surface area contributed by atoms with Crippen molar-refractivity contribution in [1.29, 1.82) is 0 Å². The molecule has 0 bridgehead atoms. The Hall–Kier alpha value is -2.20. The van der Waals surface area contributed by atoms with Gasteiger partial charge in [0.1, 0.15) is 10.8 Å². The van der Waals surface area contributed by atoms with Crippen LogP contribution in [0.5, 0.6) is 5.75 Å². The number of anilines is 1. The molecule has 7 nitrogen and oxygen atoms in total. The number of phenolic OH excluding ortho intramolecular Hbond substituents is 1. The number of likely N-dealkylation sites (tertiary alicyclic amines) is 1. The summed E-state index contributed by atoms with van der Waals surface area (Å²) in [6.45, 7) is 5.67. The van der Waals surface area contributed by atoms with Gasteiger partial charge in [-0.25, -0.2) is 9.97 Å². The second-order valence-electron chi connectivity index (χ2n) is 8.04. The Labute approximate surface area is 201 Å². The van der Waals surface area contributed by atoms with E-state index in [1.165, 1.54) is 24.2 Å². The van der Waals surface area contributed by atoms with Gasteiger partial charge >= 0.3 is 0 Å². The number of rotatable bonds is 5. The summed E-state index contributed by atoms with van der Waals surface area (Å²) in [6.07, 6.45) is 6.07. The Morgan fingerprint density at radius 1 is 1.12 bits per heavy atom. The maximum Gasteiger partial charge on any atom is 0.188 e. The monoisotopic (exact) mass is 490 g/mol. The van der Waals surface area contributed by atoms with Crippen molar-refractivity contribution in [3.8, 4) is 27.4 Å². The zero-order valence-corrected chi connectivity index (χ0v) is 20.8. The molecule has 1 N–H and O–H groups in total. The van der Waals surface area contributed by atoms with E-state index in [1.54, 1.807) is 28.3 Å². The molecule has 0 amide bonds. The van der Waals surface area contributed by atoms with E-state index in [1.807, 2.05) is 25.4 Å². The van der Waals surface area contributed by atoms with E-state index in [9.17, 15) is 5.11 Å². The van der Waals surface area contributed by atoms with Crippen molar-refractivity contribution in [3.05, 3.63) is 30.6 Å². The maximum atomic E-state index is 10.6. The Morgan fingerprint density at radius 3 is 2.50 bits per heavy atom. The number of hydrogen-bond donors (Lipinski definition) is 1. The third kappa shape index (κ3) is 4.34. The van der Waals surface area contributed by atoms with Crippen LogP contribution < -0.4 is 4.90 Å². The molecule has 5 rings (SSSR count). The Morgan fingerprint density at radius 2 is 1.88 bits per heavy atom. The van der Waals surface area contributed by atoms with Gasteiger partial charge in [-0.1, -0.05) is 35.7 Å². The highest BCUT2D eigenvalue weighted by Gasteiger charge is 2.24. The summed E-state index contributed by atoms with van der Waals surface area (Å²) in [5.41, 5.74) is 2.65. The summed E-state index contributed by atoms with van der Waals surface area (Å²) < 4.78 is 1.75. The predicted octanol–water partition coefficient (Wildman–Crippen LogP) is 4.87. The van der Waals surface area contributed by atoms with Crippen molar-refractivity contribution in [2.75, 3.05) is 31.6 Å². The molecule has 3 aromatic heterocycles. The summed E-state index contributed by atoms with van der Waals surface area (Å²) >= 11 is 3.17. The van der Waals surface area contributed by atoms with Crippen molar-refractivity contribution in [1.82, 2.24) is 24.6 Å². The molecule has 4 heterocycles. The highest BCUT2D eigenvalue weighted by atomic mass is 35.5. The average Bonchev–Trinajstić information content (AvgIpc) is 3.48. The normalized spacial score (nSPS) is 15.2. The number of aryl methyl sites for hydroxylation is 1. The fourth-order valence-corrected chi connectivity index (χ4v) is 6.24. The summed E-state index contributed by atoms with van der Waals surface area (Å²) in [5, 5.41) is 16.7. The number of fused-ring (bicyclic) bond motifs is 1. The fraction of sp³-hybridized carbons (Fsp3) is 0.409. The van der Waals surface area contributed by atoms with E-state index in [0.29, 0.717) is 6.04 Å². The molecule has 10 heteroatoms. The zero-order valence-electron chi connectivity index (χ0n) is 18.4. The van der Waals surface area contributed by atoms with Crippen LogP contribution in [0.3, 0.4) is 0 Å². The van der Waals surface area contributed by atoms with Crippen LogP contribution >= 0.6 is 35.1 Å². The summed E-state index contributed by atoms with van der Waals surface area (Å²) in [4.78, 5) is 16.3. The highest BCUT2D eigenvalue weighted by molar-refractivity contribution is 7.29. The van der Waals surface area contributed by atoms with Crippen molar-refractivity contribution in [2.45, 2.75) is 25.8 Å². The number of nitrogens with zero attached hydrogens (tertiary/aromatic N) is 6. The first-order valence-corrected chi connectivity index (χ1v) is 12.2. The Balaban J connectivity index is 0.00000245. The number of aromatic nitrogens is 4. The summed E-state index contributed by atoms with van der Waals surface area (Å²) in [7, 11) is 4.03. The first-order valence-electron chi connectivity index (χ1n) is 10.6. The lowest BCUT2D eigenvalue weighted by molar-refractivity contribution is 0.221. The molecule has 1 saturated heterocycles. The van der Waals surface area contributed by atoms with E-state index in [2.05, 4.69) is 28.9 Å². The third-order valence-electron chi connectivity index (χ3n) is 6.08. The van der Waals surface area contributed by atoms with Gasteiger partial charge in [0.15, 0.2) is 14.8 Å². The molecule has 0 saturated carbocycles. The highest BCUT2D eigenvalue weighted by Crippen LogP contribution is 2.40. The van der Waals surface area contributed by atoms with Crippen LogP contribution in [0.2, 0.25) is 0 Å². The van der Waals surface area contributed by atoms with Crippen molar-refractivity contribution in [3.63, 3.8) is 0 Å². The number of hydrogen-bond acceptors (Lipinski definition) is 8. The minimum atomic E-state index is 0. The van der Waals surface area contributed by atoms with Crippen molar-refractivity contribution >= 4 is 49.9 Å². The number of thiazole rings is 2. The van der Waals surface area contributed by atoms with Gasteiger partial charge in [0.2, 0.25) is 0 Å². The lowest BCUT2D eigenvalue weighted by Gasteiger charge is -2.36. The SMILES string of the molecule is CCN1CCC(N(C)c2nc3sc(-c4ccc(-c5cnn(C)c5)cc4O)nc3s2)CC1.Cl. The van der Waals surface area contributed by atoms with E-state index >= 15 is 0 Å². The predicted molar refractivity (Wildman–Crippen MR) is 135 cm³/mol.